The molecule has 0 bridgehead atoms. The molecule has 96 valence electrons. The van der Waals surface area contributed by atoms with Gasteiger partial charge in [-0.05, 0) is 30.3 Å². The van der Waals surface area contributed by atoms with E-state index in [0.717, 1.165) is 0 Å². The summed E-state index contributed by atoms with van der Waals surface area (Å²) in [6, 6.07) is 9.13. The zero-order valence-corrected chi connectivity index (χ0v) is 9.74. The molecule has 4 N–H and O–H groups in total. The van der Waals surface area contributed by atoms with Gasteiger partial charge >= 0.3 is 5.76 Å². The van der Waals surface area contributed by atoms with E-state index in [9.17, 15) is 9.18 Å². The van der Waals surface area contributed by atoms with Gasteiger partial charge in [-0.15, -0.1) is 0 Å². The molecule has 5 nitrogen and oxygen atoms in total. The summed E-state index contributed by atoms with van der Waals surface area (Å²) in [6.45, 7) is 0. The first-order chi connectivity index (χ1) is 9.11. The third kappa shape index (κ3) is 2.15. The number of nitrogens with two attached hydrogens (primary N) is 1. The van der Waals surface area contributed by atoms with E-state index in [1.807, 2.05) is 0 Å². The van der Waals surface area contributed by atoms with Gasteiger partial charge in [-0.25, -0.2) is 9.18 Å². The molecule has 0 aliphatic heterocycles. The number of benzene rings is 2. The minimum absolute atomic E-state index is 0.383. The molecule has 3 rings (SSSR count). The summed E-state index contributed by atoms with van der Waals surface area (Å²) < 4.78 is 18.1. The van der Waals surface area contributed by atoms with Crippen molar-refractivity contribution in [2.75, 3.05) is 11.1 Å². The van der Waals surface area contributed by atoms with Crippen LogP contribution in [-0.2, 0) is 0 Å². The van der Waals surface area contributed by atoms with Gasteiger partial charge in [0.05, 0.1) is 16.9 Å². The molecule has 0 saturated carbocycles. The standard InChI is InChI=1S/C13H10FN3O2/c14-7-1-3-9(15)11(5-7)16-8-2-4-10-12(6-8)19-13(18)17-10/h1-6,16H,15H2,(H,17,18). The lowest BCUT2D eigenvalue weighted by molar-refractivity contribution is 0.555. The number of hydrogen-bond donors (Lipinski definition) is 3. The number of aromatic amines is 1. The van der Waals surface area contributed by atoms with Gasteiger partial charge in [-0.2, -0.15) is 0 Å². The minimum Gasteiger partial charge on any atom is -0.408 e. The smallest absolute Gasteiger partial charge is 0.408 e. The number of H-pyrrole nitrogens is 1. The van der Waals surface area contributed by atoms with Crippen molar-refractivity contribution in [1.82, 2.24) is 4.98 Å². The van der Waals surface area contributed by atoms with E-state index in [1.165, 1.54) is 18.2 Å². The Hall–Kier alpha value is -2.76. The highest BCUT2D eigenvalue weighted by Gasteiger charge is 2.05. The summed E-state index contributed by atoms with van der Waals surface area (Å²) in [7, 11) is 0. The quantitative estimate of drug-likeness (QED) is 0.617. The lowest BCUT2D eigenvalue weighted by Crippen LogP contribution is -1.96. The molecule has 0 aliphatic carbocycles. The zero-order valence-electron chi connectivity index (χ0n) is 9.74. The molecule has 6 heteroatoms. The molecular formula is C13H10FN3O2. The topological polar surface area (TPSA) is 84.0 Å². The number of halogens is 1. The third-order valence-electron chi connectivity index (χ3n) is 2.72. The molecule has 2 aromatic carbocycles. The first-order valence-corrected chi connectivity index (χ1v) is 5.57. The van der Waals surface area contributed by atoms with E-state index in [0.29, 0.717) is 28.2 Å². The van der Waals surface area contributed by atoms with Gasteiger partial charge in [-0.1, -0.05) is 0 Å². The van der Waals surface area contributed by atoms with Crippen LogP contribution in [0.5, 0.6) is 0 Å². The zero-order chi connectivity index (χ0) is 13.4. The molecule has 1 aromatic heterocycles. The third-order valence-corrected chi connectivity index (χ3v) is 2.72. The second-order valence-electron chi connectivity index (χ2n) is 4.08. The maximum Gasteiger partial charge on any atom is 0.417 e. The Morgan fingerprint density at radius 2 is 2.05 bits per heavy atom. The Balaban J connectivity index is 2.00. The van der Waals surface area contributed by atoms with Gasteiger partial charge < -0.3 is 15.5 Å². The van der Waals surface area contributed by atoms with Gasteiger partial charge in [0.15, 0.2) is 5.58 Å². The monoisotopic (exact) mass is 259 g/mol. The van der Waals surface area contributed by atoms with Crippen molar-refractivity contribution >= 4 is 28.2 Å². The molecule has 0 unspecified atom stereocenters. The van der Waals surface area contributed by atoms with E-state index in [4.69, 9.17) is 10.2 Å². The highest BCUT2D eigenvalue weighted by Crippen LogP contribution is 2.25. The maximum absolute atomic E-state index is 13.1. The molecule has 0 radical (unpaired) electrons. The van der Waals surface area contributed by atoms with Crippen LogP contribution >= 0.6 is 0 Å². The average Bonchev–Trinajstić information content (AvgIpc) is 2.73. The van der Waals surface area contributed by atoms with E-state index >= 15 is 0 Å². The van der Waals surface area contributed by atoms with E-state index in [2.05, 4.69) is 10.3 Å². The predicted molar refractivity (Wildman–Crippen MR) is 70.9 cm³/mol. The van der Waals surface area contributed by atoms with E-state index in [1.54, 1.807) is 18.2 Å². The number of oxazole rings is 1. The van der Waals surface area contributed by atoms with Crippen LogP contribution in [0.4, 0.5) is 21.5 Å². The van der Waals surface area contributed by atoms with Crippen LogP contribution in [0.1, 0.15) is 0 Å². The van der Waals surface area contributed by atoms with Gasteiger partial charge in [0, 0.05) is 11.8 Å². The van der Waals surface area contributed by atoms with Gasteiger partial charge in [0.25, 0.3) is 0 Å². The SMILES string of the molecule is Nc1ccc(F)cc1Nc1ccc2[nH]c(=O)oc2c1. The molecule has 1 heterocycles. The van der Waals surface area contributed by atoms with Crippen molar-refractivity contribution < 1.29 is 8.81 Å². The van der Waals surface area contributed by atoms with Gasteiger partial charge in [0.2, 0.25) is 0 Å². The van der Waals surface area contributed by atoms with Gasteiger partial charge in [0.1, 0.15) is 5.82 Å². The highest BCUT2D eigenvalue weighted by molar-refractivity contribution is 5.80. The number of rotatable bonds is 2. The average molecular weight is 259 g/mol. The molecule has 0 fully saturated rings. The van der Waals surface area contributed by atoms with Crippen LogP contribution in [0.3, 0.4) is 0 Å². The van der Waals surface area contributed by atoms with Crippen LogP contribution in [-0.4, -0.2) is 4.98 Å². The molecule has 0 atom stereocenters. The lowest BCUT2D eigenvalue weighted by atomic mass is 10.2. The van der Waals surface area contributed by atoms with Crippen molar-refractivity contribution in [3.8, 4) is 0 Å². The molecule has 0 spiro atoms. The summed E-state index contributed by atoms with van der Waals surface area (Å²) in [5.74, 6) is -0.900. The van der Waals surface area contributed by atoms with Crippen molar-refractivity contribution in [3.05, 3.63) is 52.8 Å². The summed E-state index contributed by atoms with van der Waals surface area (Å²) in [5, 5.41) is 2.97. The minimum atomic E-state index is -0.516. The van der Waals surface area contributed by atoms with Crippen LogP contribution in [0.15, 0.2) is 45.6 Å². The second-order valence-corrected chi connectivity index (χ2v) is 4.08. The molecular weight excluding hydrogens is 249 g/mol. The van der Waals surface area contributed by atoms with Crippen LogP contribution in [0.2, 0.25) is 0 Å². The van der Waals surface area contributed by atoms with Crippen LogP contribution in [0, 0.1) is 5.82 Å². The number of nitrogen functional groups attached to an aromatic ring is 1. The van der Waals surface area contributed by atoms with Crippen molar-refractivity contribution in [1.29, 1.82) is 0 Å². The van der Waals surface area contributed by atoms with Crippen molar-refractivity contribution in [2.24, 2.45) is 0 Å². The normalized spacial score (nSPS) is 10.8. The van der Waals surface area contributed by atoms with Crippen molar-refractivity contribution in [3.63, 3.8) is 0 Å². The molecule has 0 saturated heterocycles. The summed E-state index contributed by atoms with van der Waals surface area (Å²) >= 11 is 0. The number of aromatic nitrogens is 1. The lowest BCUT2D eigenvalue weighted by Gasteiger charge is -2.09. The number of fused-ring (bicyclic) bond motifs is 1. The number of hydrogen-bond acceptors (Lipinski definition) is 4. The molecule has 19 heavy (non-hydrogen) atoms. The Kier molecular flexibility index (Phi) is 2.49. The van der Waals surface area contributed by atoms with Crippen molar-refractivity contribution in [2.45, 2.75) is 0 Å². The fourth-order valence-electron chi connectivity index (χ4n) is 1.82. The fourth-order valence-corrected chi connectivity index (χ4v) is 1.82. The van der Waals surface area contributed by atoms with Crippen LogP contribution in [0.25, 0.3) is 11.1 Å². The van der Waals surface area contributed by atoms with E-state index in [-0.39, 0.29) is 5.82 Å². The van der Waals surface area contributed by atoms with Crippen LogP contribution < -0.4 is 16.8 Å². The predicted octanol–water partition coefficient (Wildman–Crippen LogP) is 2.59. The molecule has 0 aliphatic rings. The summed E-state index contributed by atoms with van der Waals surface area (Å²) in [6.07, 6.45) is 0. The number of anilines is 3. The Labute approximate surface area is 106 Å². The van der Waals surface area contributed by atoms with E-state index < -0.39 is 5.76 Å². The van der Waals surface area contributed by atoms with Gasteiger partial charge in [-0.3, -0.25) is 4.98 Å². The Bertz CT molecular complexity index is 807. The molecule has 0 amide bonds. The first-order valence-electron chi connectivity index (χ1n) is 5.57. The maximum atomic E-state index is 13.1. The largest absolute Gasteiger partial charge is 0.417 e. The summed E-state index contributed by atoms with van der Waals surface area (Å²) in [4.78, 5) is 13.6. The Morgan fingerprint density at radius 1 is 1.21 bits per heavy atom. The number of nitrogens with one attached hydrogen (secondary N) is 2. The highest BCUT2D eigenvalue weighted by atomic mass is 19.1. The fraction of sp³-hybridized carbons (Fsp3) is 0. The first kappa shape index (κ1) is 11.3. The molecule has 3 aromatic rings. The second kappa shape index (κ2) is 4.16. The summed E-state index contributed by atoms with van der Waals surface area (Å²) in [5.41, 5.74) is 8.30. The Morgan fingerprint density at radius 3 is 2.89 bits per heavy atom.